The van der Waals surface area contributed by atoms with Crippen molar-refractivity contribution in [1.82, 2.24) is 5.43 Å². The summed E-state index contributed by atoms with van der Waals surface area (Å²) in [6, 6.07) is 25.9. The molecule has 4 rings (SSSR count). The van der Waals surface area contributed by atoms with Crippen LogP contribution in [0.5, 0.6) is 17.2 Å². The first-order valence-electron chi connectivity index (χ1n) is 12.0. The van der Waals surface area contributed by atoms with Crippen molar-refractivity contribution in [3.8, 4) is 17.2 Å². The highest BCUT2D eigenvalue weighted by Gasteiger charge is 2.14. The maximum absolute atomic E-state index is 12.9. The summed E-state index contributed by atoms with van der Waals surface area (Å²) in [5.74, 6) is 0.360. The Labute approximate surface area is 239 Å². The zero-order chi connectivity index (χ0) is 27.6. The summed E-state index contributed by atoms with van der Waals surface area (Å²) in [7, 11) is 0. The van der Waals surface area contributed by atoms with Crippen molar-refractivity contribution in [1.29, 1.82) is 0 Å². The molecule has 0 aliphatic carbocycles. The molecular formula is C30H24BrClN2O5. The SMILES string of the molecule is CCOc1ccc(C(=O)Oc2ccc(Br)cc2C=NNC(=O)c2ccccc2OCc2ccc(Cl)cc2)cc1. The van der Waals surface area contributed by atoms with Gasteiger partial charge in [0.25, 0.3) is 5.91 Å². The summed E-state index contributed by atoms with van der Waals surface area (Å²) >= 11 is 9.35. The van der Waals surface area contributed by atoms with Gasteiger partial charge < -0.3 is 14.2 Å². The maximum Gasteiger partial charge on any atom is 0.343 e. The van der Waals surface area contributed by atoms with Crippen LogP contribution in [0.3, 0.4) is 0 Å². The molecule has 1 N–H and O–H groups in total. The van der Waals surface area contributed by atoms with Gasteiger partial charge in [0.1, 0.15) is 23.9 Å². The predicted molar refractivity (Wildman–Crippen MR) is 154 cm³/mol. The van der Waals surface area contributed by atoms with Gasteiger partial charge in [-0.25, -0.2) is 10.2 Å². The summed E-state index contributed by atoms with van der Waals surface area (Å²) in [6.45, 7) is 2.69. The Morgan fingerprint density at radius 1 is 0.923 bits per heavy atom. The molecule has 0 spiro atoms. The van der Waals surface area contributed by atoms with Gasteiger partial charge in [-0.15, -0.1) is 0 Å². The number of amides is 1. The number of halogens is 2. The van der Waals surface area contributed by atoms with E-state index in [4.69, 9.17) is 25.8 Å². The smallest absolute Gasteiger partial charge is 0.343 e. The van der Waals surface area contributed by atoms with Gasteiger partial charge in [-0.2, -0.15) is 5.10 Å². The maximum atomic E-state index is 12.9. The summed E-state index contributed by atoms with van der Waals surface area (Å²) in [5.41, 5.74) is 4.59. The fourth-order valence-electron chi connectivity index (χ4n) is 3.47. The highest BCUT2D eigenvalue weighted by molar-refractivity contribution is 9.10. The lowest BCUT2D eigenvalue weighted by Crippen LogP contribution is -2.19. The van der Waals surface area contributed by atoms with Gasteiger partial charge >= 0.3 is 5.97 Å². The van der Waals surface area contributed by atoms with Crippen LogP contribution in [0.4, 0.5) is 0 Å². The van der Waals surface area contributed by atoms with E-state index in [1.165, 1.54) is 6.21 Å². The number of hydrazone groups is 1. The topological polar surface area (TPSA) is 86.2 Å². The molecule has 198 valence electrons. The molecule has 0 fully saturated rings. The molecule has 0 radical (unpaired) electrons. The van der Waals surface area contributed by atoms with Crippen LogP contribution in [0, 0.1) is 0 Å². The first-order valence-corrected chi connectivity index (χ1v) is 13.1. The number of esters is 1. The van der Waals surface area contributed by atoms with Gasteiger partial charge in [-0.3, -0.25) is 4.79 Å². The molecule has 4 aromatic rings. The third kappa shape index (κ3) is 7.92. The zero-order valence-corrected chi connectivity index (χ0v) is 23.2. The standard InChI is InChI=1S/C30H24BrClN2O5/c1-2-37-25-14-9-21(10-15-25)30(36)39-27-16-11-23(31)17-22(27)18-33-34-29(35)26-5-3-4-6-28(26)38-19-20-7-12-24(32)13-8-20/h3-18H,2,19H2,1H3,(H,34,35). The molecule has 0 saturated heterocycles. The van der Waals surface area contributed by atoms with E-state index in [2.05, 4.69) is 26.5 Å². The van der Waals surface area contributed by atoms with Crippen LogP contribution in [0.1, 0.15) is 38.8 Å². The molecule has 0 aliphatic heterocycles. The van der Waals surface area contributed by atoms with E-state index in [9.17, 15) is 9.59 Å². The number of carbonyl (C=O) groups excluding carboxylic acids is 2. The lowest BCUT2D eigenvalue weighted by Gasteiger charge is -2.11. The second-order valence-corrected chi connectivity index (χ2v) is 9.49. The minimum Gasteiger partial charge on any atom is -0.494 e. The van der Waals surface area contributed by atoms with E-state index in [1.54, 1.807) is 78.9 Å². The van der Waals surface area contributed by atoms with E-state index >= 15 is 0 Å². The Hall–Kier alpha value is -4.14. The van der Waals surface area contributed by atoms with Crippen molar-refractivity contribution in [3.63, 3.8) is 0 Å². The Morgan fingerprint density at radius 2 is 1.67 bits per heavy atom. The predicted octanol–water partition coefficient (Wildman–Crippen LogP) is 7.06. The number of nitrogens with one attached hydrogen (secondary N) is 1. The first kappa shape index (κ1) is 27.9. The third-order valence-electron chi connectivity index (χ3n) is 5.38. The van der Waals surface area contributed by atoms with Crippen LogP contribution in [0.25, 0.3) is 0 Å². The van der Waals surface area contributed by atoms with E-state index < -0.39 is 11.9 Å². The van der Waals surface area contributed by atoms with Crippen LogP contribution in [0.15, 0.2) is 101 Å². The fourth-order valence-corrected chi connectivity index (χ4v) is 3.97. The molecule has 9 heteroatoms. The summed E-state index contributed by atoms with van der Waals surface area (Å²) in [5, 5.41) is 4.71. The molecule has 0 bridgehead atoms. The van der Waals surface area contributed by atoms with Crippen molar-refractivity contribution in [2.45, 2.75) is 13.5 Å². The van der Waals surface area contributed by atoms with E-state index in [1.807, 2.05) is 19.1 Å². The number of benzene rings is 4. The van der Waals surface area contributed by atoms with Crippen molar-refractivity contribution in [2.24, 2.45) is 5.10 Å². The van der Waals surface area contributed by atoms with Crippen LogP contribution < -0.4 is 19.6 Å². The molecular weight excluding hydrogens is 584 g/mol. The Kier molecular flexibility index (Phi) is 9.72. The molecule has 0 aromatic heterocycles. The van der Waals surface area contributed by atoms with E-state index in [0.717, 1.165) is 10.0 Å². The molecule has 0 unspecified atom stereocenters. The lowest BCUT2D eigenvalue weighted by atomic mass is 10.2. The number of carbonyl (C=O) groups is 2. The van der Waals surface area contributed by atoms with E-state index in [-0.39, 0.29) is 12.4 Å². The number of para-hydroxylation sites is 1. The summed E-state index contributed by atoms with van der Waals surface area (Å²) in [4.78, 5) is 25.6. The Balaban J connectivity index is 1.42. The molecule has 7 nitrogen and oxygen atoms in total. The van der Waals surface area contributed by atoms with Crippen molar-refractivity contribution < 1.29 is 23.8 Å². The average Bonchev–Trinajstić information content (AvgIpc) is 2.95. The largest absolute Gasteiger partial charge is 0.494 e. The average molecular weight is 608 g/mol. The minimum atomic E-state index is -0.536. The van der Waals surface area contributed by atoms with Crippen LogP contribution in [0.2, 0.25) is 5.02 Å². The van der Waals surface area contributed by atoms with Crippen LogP contribution >= 0.6 is 27.5 Å². The number of rotatable bonds is 10. The van der Waals surface area contributed by atoms with Gasteiger partial charge in [0, 0.05) is 15.1 Å². The number of hydrogen-bond donors (Lipinski definition) is 1. The Morgan fingerprint density at radius 3 is 2.41 bits per heavy atom. The fraction of sp³-hybridized carbons (Fsp3) is 0.100. The molecule has 0 saturated carbocycles. The molecule has 1 amide bonds. The number of nitrogens with zero attached hydrogens (tertiary/aromatic N) is 1. The van der Waals surface area contributed by atoms with Gasteiger partial charge in [0.05, 0.1) is 23.9 Å². The zero-order valence-electron chi connectivity index (χ0n) is 20.9. The highest BCUT2D eigenvalue weighted by atomic mass is 79.9. The molecule has 0 heterocycles. The van der Waals surface area contributed by atoms with E-state index in [0.29, 0.717) is 39.8 Å². The van der Waals surface area contributed by atoms with Crippen molar-refractivity contribution in [2.75, 3.05) is 6.61 Å². The van der Waals surface area contributed by atoms with Crippen molar-refractivity contribution >= 4 is 45.6 Å². The lowest BCUT2D eigenvalue weighted by molar-refractivity contribution is 0.0734. The second-order valence-electron chi connectivity index (χ2n) is 8.14. The molecule has 0 aliphatic rings. The van der Waals surface area contributed by atoms with Gasteiger partial charge in [0.2, 0.25) is 0 Å². The van der Waals surface area contributed by atoms with Gasteiger partial charge in [-0.05, 0) is 79.2 Å². The van der Waals surface area contributed by atoms with Crippen LogP contribution in [-0.2, 0) is 6.61 Å². The second kappa shape index (κ2) is 13.6. The number of hydrogen-bond acceptors (Lipinski definition) is 6. The van der Waals surface area contributed by atoms with Gasteiger partial charge in [-0.1, -0.05) is 51.8 Å². The summed E-state index contributed by atoms with van der Waals surface area (Å²) in [6.07, 6.45) is 1.40. The van der Waals surface area contributed by atoms with Crippen LogP contribution in [-0.4, -0.2) is 24.7 Å². The first-order chi connectivity index (χ1) is 18.9. The molecule has 4 aromatic carbocycles. The molecule has 39 heavy (non-hydrogen) atoms. The quantitative estimate of drug-likeness (QED) is 0.0903. The van der Waals surface area contributed by atoms with Crippen molar-refractivity contribution in [3.05, 3.63) is 123 Å². The molecule has 0 atom stereocenters. The third-order valence-corrected chi connectivity index (χ3v) is 6.13. The Bertz CT molecular complexity index is 1470. The minimum absolute atomic E-state index is 0.270. The summed E-state index contributed by atoms with van der Waals surface area (Å²) < 4.78 is 17.6. The monoisotopic (exact) mass is 606 g/mol. The number of ether oxygens (including phenoxy) is 3. The normalized spacial score (nSPS) is 10.7. The van der Waals surface area contributed by atoms with Gasteiger partial charge in [0.15, 0.2) is 0 Å². The highest BCUT2D eigenvalue weighted by Crippen LogP contribution is 2.24.